The molecule has 70 valence electrons. The fourth-order valence-electron chi connectivity index (χ4n) is 4.64. The Labute approximate surface area is 80.1 Å². The van der Waals surface area contributed by atoms with Crippen molar-refractivity contribution in [1.29, 1.82) is 5.26 Å². The molecule has 0 radical (unpaired) electrons. The zero-order valence-corrected chi connectivity index (χ0v) is 8.29. The van der Waals surface area contributed by atoms with Crippen LogP contribution in [0.2, 0.25) is 0 Å². The van der Waals surface area contributed by atoms with Crippen molar-refractivity contribution >= 4 is 0 Å². The predicted molar refractivity (Wildman–Crippen MR) is 50.8 cm³/mol. The zero-order chi connectivity index (χ0) is 9.05. The Morgan fingerprint density at radius 2 is 1.77 bits per heavy atom. The van der Waals surface area contributed by atoms with Crippen LogP contribution >= 0.6 is 0 Å². The SMILES string of the molecule is CC12CC3CC(C1)C(C#N)[C@@H](C3)C2. The highest BCUT2D eigenvalue weighted by Gasteiger charge is 2.53. The van der Waals surface area contributed by atoms with Crippen molar-refractivity contribution in [2.45, 2.75) is 39.0 Å². The van der Waals surface area contributed by atoms with Gasteiger partial charge in [0.05, 0.1) is 12.0 Å². The summed E-state index contributed by atoms with van der Waals surface area (Å²) in [6, 6.07) is 2.56. The number of hydrogen-bond acceptors (Lipinski definition) is 1. The molecule has 0 aliphatic heterocycles. The van der Waals surface area contributed by atoms with Gasteiger partial charge in [-0.1, -0.05) is 6.92 Å². The highest BCUT2D eigenvalue weighted by atomic mass is 14.6. The Morgan fingerprint density at radius 1 is 1.15 bits per heavy atom. The molecule has 0 heterocycles. The van der Waals surface area contributed by atoms with Gasteiger partial charge in [-0.05, 0) is 55.3 Å². The van der Waals surface area contributed by atoms with Gasteiger partial charge in [0.2, 0.25) is 0 Å². The van der Waals surface area contributed by atoms with Crippen LogP contribution in [0.25, 0.3) is 0 Å². The first kappa shape index (κ1) is 7.85. The van der Waals surface area contributed by atoms with E-state index in [4.69, 9.17) is 5.26 Å². The molecule has 0 spiro atoms. The van der Waals surface area contributed by atoms with E-state index in [1.807, 2.05) is 0 Å². The van der Waals surface area contributed by atoms with E-state index < -0.39 is 0 Å². The summed E-state index contributed by atoms with van der Waals surface area (Å²) in [6.07, 6.45) is 6.88. The Hall–Kier alpha value is -0.510. The summed E-state index contributed by atoms with van der Waals surface area (Å²) >= 11 is 0. The maximum atomic E-state index is 9.13. The Kier molecular flexibility index (Phi) is 1.38. The number of rotatable bonds is 0. The van der Waals surface area contributed by atoms with Crippen molar-refractivity contribution in [3.63, 3.8) is 0 Å². The first-order valence-electron chi connectivity index (χ1n) is 5.60. The fraction of sp³-hybridized carbons (Fsp3) is 0.917. The van der Waals surface area contributed by atoms with Crippen LogP contribution in [0, 0.1) is 40.4 Å². The molecule has 4 bridgehead atoms. The monoisotopic (exact) mass is 175 g/mol. The Bertz CT molecular complexity index is 259. The van der Waals surface area contributed by atoms with Crippen LogP contribution in [0.1, 0.15) is 39.0 Å². The quantitative estimate of drug-likeness (QED) is 0.555. The molecule has 1 heteroatoms. The third kappa shape index (κ3) is 0.980. The number of nitrogens with zero attached hydrogens (tertiary/aromatic N) is 1. The topological polar surface area (TPSA) is 23.8 Å². The minimum Gasteiger partial charge on any atom is -0.198 e. The molecule has 4 unspecified atom stereocenters. The second-order valence-electron chi connectivity index (χ2n) is 5.94. The standard InChI is InChI=1S/C12H17N/c1-12-4-8-2-9(5-12)11(7-13)10(3-8)6-12/h8-11H,2-6H2,1H3/t8?,9-,10?,11?,12?/m0/s1. The lowest BCUT2D eigenvalue weighted by atomic mass is 9.47. The summed E-state index contributed by atoms with van der Waals surface area (Å²) in [7, 11) is 0. The molecule has 0 aromatic carbocycles. The lowest BCUT2D eigenvalue weighted by Crippen LogP contribution is -2.49. The molecule has 1 nitrogen and oxygen atoms in total. The normalized spacial score (nSPS) is 57.8. The van der Waals surface area contributed by atoms with E-state index in [2.05, 4.69) is 13.0 Å². The predicted octanol–water partition coefficient (Wildman–Crippen LogP) is 2.97. The van der Waals surface area contributed by atoms with Crippen molar-refractivity contribution in [2.24, 2.45) is 29.1 Å². The van der Waals surface area contributed by atoms with E-state index in [9.17, 15) is 0 Å². The van der Waals surface area contributed by atoms with Gasteiger partial charge < -0.3 is 0 Å². The minimum atomic E-state index is 0.421. The molecule has 4 fully saturated rings. The summed E-state index contributed by atoms with van der Waals surface area (Å²) in [4.78, 5) is 0. The summed E-state index contributed by atoms with van der Waals surface area (Å²) in [5, 5.41) is 9.13. The van der Waals surface area contributed by atoms with Gasteiger partial charge in [-0.15, -0.1) is 0 Å². The second-order valence-corrected chi connectivity index (χ2v) is 5.94. The zero-order valence-electron chi connectivity index (χ0n) is 8.29. The van der Waals surface area contributed by atoms with E-state index in [0.29, 0.717) is 11.3 Å². The smallest absolute Gasteiger partial charge is 0.0661 e. The molecule has 4 rings (SSSR count). The summed E-state index contributed by atoms with van der Waals surface area (Å²) < 4.78 is 0. The molecule has 13 heavy (non-hydrogen) atoms. The molecular weight excluding hydrogens is 158 g/mol. The molecule has 0 N–H and O–H groups in total. The Morgan fingerprint density at radius 3 is 2.23 bits per heavy atom. The summed E-state index contributed by atoms with van der Waals surface area (Å²) in [5.41, 5.74) is 0.629. The van der Waals surface area contributed by atoms with E-state index >= 15 is 0 Å². The lowest BCUT2D eigenvalue weighted by molar-refractivity contribution is -0.0675. The molecule has 0 saturated heterocycles. The molecule has 4 aliphatic carbocycles. The van der Waals surface area contributed by atoms with Crippen molar-refractivity contribution in [1.82, 2.24) is 0 Å². The summed E-state index contributed by atoms with van der Waals surface area (Å²) in [6.45, 7) is 2.45. The lowest BCUT2D eigenvalue weighted by Gasteiger charge is -2.57. The molecule has 4 aliphatic rings. The van der Waals surface area contributed by atoms with Gasteiger partial charge in [0.1, 0.15) is 0 Å². The van der Waals surface area contributed by atoms with Gasteiger partial charge in [0.15, 0.2) is 0 Å². The molecule has 0 aromatic rings. The van der Waals surface area contributed by atoms with E-state index in [1.54, 1.807) is 0 Å². The van der Waals surface area contributed by atoms with Crippen LogP contribution in [0.15, 0.2) is 0 Å². The third-order valence-electron chi connectivity index (χ3n) is 4.73. The van der Waals surface area contributed by atoms with Crippen LogP contribution in [0.4, 0.5) is 0 Å². The van der Waals surface area contributed by atoms with Gasteiger partial charge in [-0.2, -0.15) is 5.26 Å². The van der Waals surface area contributed by atoms with E-state index in [1.165, 1.54) is 32.1 Å². The Balaban J connectivity index is 1.95. The van der Waals surface area contributed by atoms with Crippen LogP contribution in [-0.2, 0) is 0 Å². The number of hydrogen-bond donors (Lipinski definition) is 0. The first-order chi connectivity index (χ1) is 6.20. The maximum absolute atomic E-state index is 9.13. The molecule has 4 saturated carbocycles. The van der Waals surface area contributed by atoms with Crippen molar-refractivity contribution in [2.75, 3.05) is 0 Å². The molecule has 5 atom stereocenters. The largest absolute Gasteiger partial charge is 0.198 e. The number of nitriles is 1. The highest BCUT2D eigenvalue weighted by Crippen LogP contribution is 2.61. The van der Waals surface area contributed by atoms with E-state index in [-0.39, 0.29) is 0 Å². The fourth-order valence-corrected chi connectivity index (χ4v) is 4.64. The van der Waals surface area contributed by atoms with Gasteiger partial charge in [-0.25, -0.2) is 0 Å². The van der Waals surface area contributed by atoms with E-state index in [0.717, 1.165) is 17.8 Å². The molecule has 0 aromatic heterocycles. The highest BCUT2D eigenvalue weighted by molar-refractivity contribution is 5.08. The van der Waals surface area contributed by atoms with Crippen molar-refractivity contribution in [3.05, 3.63) is 0 Å². The average Bonchev–Trinajstić information content (AvgIpc) is 2.00. The van der Waals surface area contributed by atoms with Crippen LogP contribution in [0.3, 0.4) is 0 Å². The van der Waals surface area contributed by atoms with Gasteiger partial charge in [0.25, 0.3) is 0 Å². The summed E-state index contributed by atoms with van der Waals surface area (Å²) in [5.74, 6) is 2.93. The maximum Gasteiger partial charge on any atom is 0.0661 e. The van der Waals surface area contributed by atoms with Crippen molar-refractivity contribution in [3.8, 4) is 6.07 Å². The molecular formula is C12H17N. The molecule has 0 amide bonds. The van der Waals surface area contributed by atoms with Crippen LogP contribution in [0.5, 0.6) is 0 Å². The van der Waals surface area contributed by atoms with Gasteiger partial charge >= 0.3 is 0 Å². The third-order valence-corrected chi connectivity index (χ3v) is 4.73. The van der Waals surface area contributed by atoms with Gasteiger partial charge in [-0.3, -0.25) is 0 Å². The second kappa shape index (κ2) is 2.29. The first-order valence-corrected chi connectivity index (χ1v) is 5.60. The average molecular weight is 175 g/mol. The van der Waals surface area contributed by atoms with Gasteiger partial charge in [0, 0.05) is 0 Å². The van der Waals surface area contributed by atoms with Crippen LogP contribution in [-0.4, -0.2) is 0 Å². The van der Waals surface area contributed by atoms with Crippen LogP contribution < -0.4 is 0 Å². The minimum absolute atomic E-state index is 0.421. The van der Waals surface area contributed by atoms with Crippen molar-refractivity contribution < 1.29 is 0 Å².